The summed E-state index contributed by atoms with van der Waals surface area (Å²) in [4.78, 5) is 10.6. The van der Waals surface area contributed by atoms with E-state index >= 15 is 0 Å². The van der Waals surface area contributed by atoms with Gasteiger partial charge in [-0.05, 0) is 43.0 Å². The monoisotopic (exact) mass is 249 g/mol. The number of nitrogens with two attached hydrogens (primary N) is 1. The molecule has 0 aromatic heterocycles. The van der Waals surface area contributed by atoms with Crippen LogP contribution >= 0.6 is 0 Å². The van der Waals surface area contributed by atoms with E-state index in [1.165, 1.54) is 5.56 Å². The van der Waals surface area contributed by atoms with Crippen LogP contribution in [-0.2, 0) is 11.3 Å². The Kier molecular flexibility index (Phi) is 4.85. The molecule has 2 amide bonds. The SMILES string of the molecule is COCc1c(C)cc(C)c(C=NNC(N)=O)c1C. The van der Waals surface area contributed by atoms with Gasteiger partial charge in [0, 0.05) is 12.7 Å². The highest BCUT2D eigenvalue weighted by Crippen LogP contribution is 2.21. The molecule has 5 nitrogen and oxygen atoms in total. The van der Waals surface area contributed by atoms with Crippen LogP contribution in [-0.4, -0.2) is 19.4 Å². The number of nitrogens with zero attached hydrogens (tertiary/aromatic N) is 1. The molecule has 0 aliphatic carbocycles. The number of urea groups is 1. The number of benzene rings is 1. The zero-order valence-corrected chi connectivity index (χ0v) is 11.2. The largest absolute Gasteiger partial charge is 0.380 e. The van der Waals surface area contributed by atoms with Crippen LogP contribution in [0.4, 0.5) is 4.79 Å². The number of amides is 2. The van der Waals surface area contributed by atoms with Gasteiger partial charge in [0.05, 0.1) is 12.8 Å². The maximum atomic E-state index is 10.6. The smallest absolute Gasteiger partial charge is 0.332 e. The number of hydrogen-bond donors (Lipinski definition) is 2. The first-order valence-corrected chi connectivity index (χ1v) is 5.64. The van der Waals surface area contributed by atoms with Crippen molar-refractivity contribution in [3.63, 3.8) is 0 Å². The summed E-state index contributed by atoms with van der Waals surface area (Å²) in [6.45, 7) is 6.63. The first-order chi connectivity index (χ1) is 8.47. The summed E-state index contributed by atoms with van der Waals surface area (Å²) in [6.07, 6.45) is 1.61. The predicted octanol–water partition coefficient (Wildman–Crippen LogP) is 1.76. The molecule has 0 aliphatic heterocycles. The fourth-order valence-electron chi connectivity index (χ4n) is 1.97. The summed E-state index contributed by atoms with van der Waals surface area (Å²) < 4.78 is 5.19. The molecular weight excluding hydrogens is 230 g/mol. The number of carbonyl (C=O) groups is 1. The lowest BCUT2D eigenvalue weighted by Crippen LogP contribution is -2.24. The van der Waals surface area contributed by atoms with Gasteiger partial charge in [0.2, 0.25) is 0 Å². The van der Waals surface area contributed by atoms with Crippen molar-refractivity contribution in [2.24, 2.45) is 10.8 Å². The summed E-state index contributed by atoms with van der Waals surface area (Å²) in [6, 6.07) is 1.40. The molecule has 0 atom stereocenters. The van der Waals surface area contributed by atoms with Crippen LogP contribution in [0.25, 0.3) is 0 Å². The highest BCUT2D eigenvalue weighted by Gasteiger charge is 2.09. The Bertz CT molecular complexity index is 482. The summed E-state index contributed by atoms with van der Waals surface area (Å²) in [5.74, 6) is 0. The van der Waals surface area contributed by atoms with Crippen molar-refractivity contribution in [2.75, 3.05) is 7.11 Å². The van der Waals surface area contributed by atoms with Gasteiger partial charge in [-0.25, -0.2) is 10.2 Å². The fourth-order valence-corrected chi connectivity index (χ4v) is 1.97. The Labute approximate surface area is 107 Å². The lowest BCUT2D eigenvalue weighted by molar-refractivity contribution is 0.184. The van der Waals surface area contributed by atoms with Gasteiger partial charge in [-0.3, -0.25) is 0 Å². The molecule has 0 fully saturated rings. The molecule has 0 radical (unpaired) electrons. The number of methoxy groups -OCH3 is 1. The second kappa shape index (κ2) is 6.16. The predicted molar refractivity (Wildman–Crippen MR) is 71.7 cm³/mol. The lowest BCUT2D eigenvalue weighted by atomic mass is 9.94. The van der Waals surface area contributed by atoms with Crippen molar-refractivity contribution >= 4 is 12.2 Å². The van der Waals surface area contributed by atoms with Gasteiger partial charge in [-0.2, -0.15) is 5.10 Å². The molecule has 0 bridgehead atoms. The number of hydrogen-bond acceptors (Lipinski definition) is 3. The molecule has 1 aromatic carbocycles. The summed E-state index contributed by atoms with van der Waals surface area (Å²) >= 11 is 0. The van der Waals surface area contributed by atoms with Gasteiger partial charge < -0.3 is 10.5 Å². The lowest BCUT2D eigenvalue weighted by Gasteiger charge is -2.14. The molecule has 98 valence electrons. The van der Waals surface area contributed by atoms with E-state index in [-0.39, 0.29) is 0 Å². The summed E-state index contributed by atoms with van der Waals surface area (Å²) in [5.41, 5.74) is 12.6. The van der Waals surface area contributed by atoms with Crippen LogP contribution in [0.2, 0.25) is 0 Å². The van der Waals surface area contributed by atoms with E-state index in [4.69, 9.17) is 10.5 Å². The third-order valence-corrected chi connectivity index (χ3v) is 2.85. The number of carbonyl (C=O) groups excluding carboxylic acids is 1. The normalized spacial score (nSPS) is 10.9. The quantitative estimate of drug-likeness (QED) is 0.630. The van der Waals surface area contributed by atoms with Crippen LogP contribution in [0.1, 0.15) is 27.8 Å². The van der Waals surface area contributed by atoms with Gasteiger partial charge >= 0.3 is 6.03 Å². The van der Waals surface area contributed by atoms with Gasteiger partial charge in [0.15, 0.2) is 0 Å². The molecular formula is C13H19N3O2. The van der Waals surface area contributed by atoms with Gasteiger partial charge in [-0.1, -0.05) is 6.07 Å². The van der Waals surface area contributed by atoms with E-state index in [0.29, 0.717) is 6.61 Å². The van der Waals surface area contributed by atoms with Crippen molar-refractivity contribution in [1.82, 2.24) is 5.43 Å². The molecule has 0 saturated carbocycles. The zero-order chi connectivity index (χ0) is 13.7. The Morgan fingerprint density at radius 1 is 1.44 bits per heavy atom. The number of nitrogens with one attached hydrogen (secondary N) is 1. The minimum absolute atomic E-state index is 0.558. The Balaban J connectivity index is 3.14. The highest BCUT2D eigenvalue weighted by molar-refractivity contribution is 5.85. The van der Waals surface area contributed by atoms with Crippen LogP contribution in [0.5, 0.6) is 0 Å². The first-order valence-electron chi connectivity index (χ1n) is 5.64. The standard InChI is InChI=1S/C13H19N3O2/c1-8-5-9(2)12(7-18-4)10(3)11(8)6-15-16-13(14)17/h5-6H,7H2,1-4H3,(H3,14,16,17). The van der Waals surface area contributed by atoms with E-state index in [1.54, 1.807) is 13.3 Å². The zero-order valence-electron chi connectivity index (χ0n) is 11.2. The van der Waals surface area contributed by atoms with Crippen LogP contribution in [0.15, 0.2) is 11.2 Å². The van der Waals surface area contributed by atoms with Crippen LogP contribution < -0.4 is 11.2 Å². The van der Waals surface area contributed by atoms with Crippen LogP contribution in [0.3, 0.4) is 0 Å². The minimum Gasteiger partial charge on any atom is -0.380 e. The Hall–Kier alpha value is -1.88. The summed E-state index contributed by atoms with van der Waals surface area (Å²) in [5, 5.41) is 3.80. The molecule has 0 aliphatic rings. The molecule has 3 N–H and O–H groups in total. The molecule has 0 unspecified atom stereocenters. The van der Waals surface area contributed by atoms with Gasteiger partial charge in [0.1, 0.15) is 0 Å². The average Bonchev–Trinajstić information content (AvgIpc) is 2.28. The first kappa shape index (κ1) is 14.2. The molecule has 0 heterocycles. The Morgan fingerprint density at radius 3 is 2.67 bits per heavy atom. The van der Waals surface area contributed by atoms with E-state index in [0.717, 1.165) is 22.3 Å². The average molecular weight is 249 g/mol. The van der Waals surface area contributed by atoms with E-state index in [1.807, 2.05) is 13.8 Å². The second-order valence-corrected chi connectivity index (χ2v) is 4.19. The highest BCUT2D eigenvalue weighted by atomic mass is 16.5. The third kappa shape index (κ3) is 3.30. The number of aryl methyl sites for hydroxylation is 2. The topological polar surface area (TPSA) is 76.7 Å². The van der Waals surface area contributed by atoms with E-state index in [9.17, 15) is 4.79 Å². The third-order valence-electron chi connectivity index (χ3n) is 2.85. The number of ether oxygens (including phenoxy) is 1. The maximum Gasteiger partial charge on any atom is 0.332 e. The Morgan fingerprint density at radius 2 is 2.11 bits per heavy atom. The van der Waals surface area contributed by atoms with Crippen molar-refractivity contribution in [1.29, 1.82) is 0 Å². The maximum absolute atomic E-state index is 10.6. The van der Waals surface area contributed by atoms with Gasteiger partial charge in [-0.15, -0.1) is 0 Å². The number of primary amides is 1. The van der Waals surface area contributed by atoms with Crippen molar-refractivity contribution in [3.8, 4) is 0 Å². The molecule has 1 aromatic rings. The molecule has 18 heavy (non-hydrogen) atoms. The molecule has 0 spiro atoms. The van der Waals surface area contributed by atoms with E-state index < -0.39 is 6.03 Å². The van der Waals surface area contributed by atoms with Crippen molar-refractivity contribution in [2.45, 2.75) is 27.4 Å². The number of hydrazone groups is 1. The summed E-state index contributed by atoms with van der Waals surface area (Å²) in [7, 11) is 1.67. The number of rotatable bonds is 4. The van der Waals surface area contributed by atoms with Gasteiger partial charge in [0.25, 0.3) is 0 Å². The van der Waals surface area contributed by atoms with Crippen molar-refractivity contribution in [3.05, 3.63) is 33.9 Å². The fraction of sp³-hybridized carbons (Fsp3) is 0.385. The molecule has 1 rings (SSSR count). The van der Waals surface area contributed by atoms with E-state index in [2.05, 4.69) is 23.5 Å². The van der Waals surface area contributed by atoms with Crippen molar-refractivity contribution < 1.29 is 9.53 Å². The van der Waals surface area contributed by atoms with Crippen LogP contribution in [0, 0.1) is 20.8 Å². The molecule has 5 heteroatoms. The minimum atomic E-state index is -0.675. The molecule has 0 saturated heterocycles. The second-order valence-electron chi connectivity index (χ2n) is 4.19.